The van der Waals surface area contributed by atoms with Crippen molar-refractivity contribution in [1.29, 1.82) is 0 Å². The molecule has 1 aromatic carbocycles. The number of rotatable bonds is 18. The van der Waals surface area contributed by atoms with Crippen LogP contribution in [0.25, 0.3) is 0 Å². The van der Waals surface area contributed by atoms with Gasteiger partial charge in [-0.15, -0.1) is 0 Å². The number of hydrogen-bond acceptors (Lipinski definition) is 20. The number of ketones is 2. The summed E-state index contributed by atoms with van der Waals surface area (Å²) in [5.74, 6) is -5.41. The fourth-order valence-corrected chi connectivity index (χ4v) is 9.38. The van der Waals surface area contributed by atoms with Gasteiger partial charge in [0, 0.05) is 23.2 Å². The first-order valence-corrected chi connectivity index (χ1v) is 18.9. The van der Waals surface area contributed by atoms with E-state index in [0.29, 0.717) is 18.4 Å². The topological polar surface area (TPSA) is 278 Å². The van der Waals surface area contributed by atoms with Crippen molar-refractivity contribution in [3.63, 3.8) is 0 Å². The zero-order valence-corrected chi connectivity index (χ0v) is 32.6. The molecular formula is C38H49FN2O18. The minimum absolute atomic E-state index is 0.0171. The standard InChI is InChI=1S/C38H49FN2O18/c1-35-13-12-24(42)18-23(35)9-10-25-26-19-29(43)38(36(26,2)20-30(44)37(25,35)39,59-32(46)7-6-16-57-41(51)52)31(45)21-55-34(48)58-27-11-8-22(17-28(27)53-3)33(47)54-14-4-5-15-56-40(49)50/h8,11-13,17-18,25-26,29-30,43-44,49-52H,4-7,9-10,14-16,19-21H2,1-3H3/t25?,26?,29-,30+,35?,36+,37+,38+/m1/s1. The summed E-state index contributed by atoms with van der Waals surface area (Å²) >= 11 is 0. The first kappa shape index (κ1) is 45.7. The summed E-state index contributed by atoms with van der Waals surface area (Å²) in [5, 5.41) is 57.4. The molecule has 4 aliphatic rings. The molecule has 0 radical (unpaired) electrons. The molecule has 21 heteroatoms. The Bertz CT molecular complexity index is 1820. The van der Waals surface area contributed by atoms with Gasteiger partial charge in [0.2, 0.25) is 11.4 Å². The van der Waals surface area contributed by atoms with E-state index in [1.807, 2.05) is 0 Å². The lowest BCUT2D eigenvalue weighted by molar-refractivity contribution is -0.492. The minimum Gasteiger partial charge on any atom is -0.493 e. The van der Waals surface area contributed by atoms with E-state index in [-0.39, 0.29) is 68.3 Å². The van der Waals surface area contributed by atoms with Crippen LogP contribution in [0.15, 0.2) is 42.0 Å². The summed E-state index contributed by atoms with van der Waals surface area (Å²) in [6.07, 6.45) is -1.21. The van der Waals surface area contributed by atoms with Crippen molar-refractivity contribution in [2.75, 3.05) is 33.5 Å². The third-order valence-corrected chi connectivity index (χ3v) is 12.1. The predicted molar refractivity (Wildman–Crippen MR) is 190 cm³/mol. The van der Waals surface area contributed by atoms with Crippen molar-refractivity contribution < 1.29 is 92.8 Å². The molecule has 4 aliphatic carbocycles. The van der Waals surface area contributed by atoms with Crippen LogP contribution in [0.1, 0.15) is 75.6 Å². The molecule has 8 atom stereocenters. The summed E-state index contributed by atoms with van der Waals surface area (Å²) in [7, 11) is 1.22. The van der Waals surface area contributed by atoms with Gasteiger partial charge in [-0.1, -0.05) is 18.6 Å². The Morgan fingerprint density at radius 2 is 1.58 bits per heavy atom. The van der Waals surface area contributed by atoms with Crippen molar-refractivity contribution in [1.82, 2.24) is 10.8 Å². The van der Waals surface area contributed by atoms with Crippen LogP contribution in [0, 0.1) is 22.7 Å². The average molecular weight is 841 g/mol. The molecule has 3 unspecified atom stereocenters. The number of esters is 2. The monoisotopic (exact) mass is 840 g/mol. The quantitative estimate of drug-likeness (QED) is 0.0407. The van der Waals surface area contributed by atoms with E-state index in [1.54, 1.807) is 6.92 Å². The second-order valence-corrected chi connectivity index (χ2v) is 15.3. The van der Waals surface area contributed by atoms with E-state index in [1.165, 1.54) is 50.5 Å². The van der Waals surface area contributed by atoms with Crippen molar-refractivity contribution in [2.24, 2.45) is 22.7 Å². The Hall–Kier alpha value is -4.42. The Kier molecular flexibility index (Phi) is 14.3. The van der Waals surface area contributed by atoms with E-state index in [0.717, 1.165) is 0 Å². The third-order valence-electron chi connectivity index (χ3n) is 12.1. The van der Waals surface area contributed by atoms with Gasteiger partial charge in [0.1, 0.15) is 6.10 Å². The van der Waals surface area contributed by atoms with Gasteiger partial charge in [0.05, 0.1) is 49.4 Å². The third kappa shape index (κ3) is 8.90. The molecule has 3 saturated carbocycles. The van der Waals surface area contributed by atoms with Crippen LogP contribution in [0.3, 0.4) is 0 Å². The van der Waals surface area contributed by atoms with E-state index in [9.17, 15) is 34.2 Å². The highest BCUT2D eigenvalue weighted by atomic mass is 19.1. The summed E-state index contributed by atoms with van der Waals surface area (Å²) in [6.45, 7) is 1.52. The molecule has 1 aromatic rings. The summed E-state index contributed by atoms with van der Waals surface area (Å²) in [5.41, 5.74) is -7.36. The molecule has 0 heterocycles. The van der Waals surface area contributed by atoms with Gasteiger partial charge < -0.3 is 33.9 Å². The Morgan fingerprint density at radius 3 is 2.25 bits per heavy atom. The van der Waals surface area contributed by atoms with Gasteiger partial charge in [-0.2, -0.15) is 0 Å². The normalized spacial score (nSPS) is 30.8. The molecule has 0 bridgehead atoms. The van der Waals surface area contributed by atoms with Crippen LogP contribution in [-0.2, 0) is 38.3 Å². The second-order valence-electron chi connectivity index (χ2n) is 15.3. The predicted octanol–water partition coefficient (Wildman–Crippen LogP) is 3.14. The van der Waals surface area contributed by atoms with Gasteiger partial charge in [0.25, 0.3) is 0 Å². The van der Waals surface area contributed by atoms with Crippen molar-refractivity contribution in [3.8, 4) is 11.5 Å². The zero-order valence-electron chi connectivity index (χ0n) is 32.6. The maximum absolute atomic E-state index is 17.8. The number of methoxy groups -OCH3 is 1. The van der Waals surface area contributed by atoms with Gasteiger partial charge in [-0.25, -0.2) is 14.0 Å². The number of fused-ring (bicyclic) bond motifs is 5. The number of hydrogen-bond donors (Lipinski definition) is 6. The molecule has 59 heavy (non-hydrogen) atoms. The number of halogens is 1. The van der Waals surface area contributed by atoms with E-state index >= 15 is 4.39 Å². The number of ether oxygens (including phenoxy) is 5. The first-order chi connectivity index (χ1) is 27.8. The number of alkyl halides is 1. The number of benzene rings is 1. The number of aliphatic hydroxyl groups is 2. The minimum atomic E-state index is -2.49. The van der Waals surface area contributed by atoms with Gasteiger partial charge >= 0.3 is 18.1 Å². The molecule has 3 fully saturated rings. The molecule has 326 valence electrons. The molecular weight excluding hydrogens is 791 g/mol. The van der Waals surface area contributed by atoms with Crippen molar-refractivity contribution >= 4 is 29.7 Å². The number of allylic oxidation sites excluding steroid dienone is 4. The van der Waals surface area contributed by atoms with E-state index < -0.39 is 100 Å². The molecule has 20 nitrogen and oxygen atoms in total. The highest BCUT2D eigenvalue weighted by Crippen LogP contribution is 2.70. The molecule has 6 N–H and O–H groups in total. The average Bonchev–Trinajstić information content (AvgIpc) is 3.39. The maximum Gasteiger partial charge on any atom is 0.514 e. The number of carbonyl (C=O) groups is 5. The first-order valence-electron chi connectivity index (χ1n) is 18.9. The number of aliphatic hydroxyl groups excluding tert-OH is 2. The van der Waals surface area contributed by atoms with Gasteiger partial charge in [0.15, 0.2) is 29.6 Å². The van der Waals surface area contributed by atoms with E-state index in [2.05, 4.69) is 9.68 Å². The molecule has 0 saturated heterocycles. The number of unbranched alkanes of at least 4 members (excludes halogenated alkanes) is 1. The highest BCUT2D eigenvalue weighted by Gasteiger charge is 2.78. The molecule has 0 aliphatic heterocycles. The molecule has 0 spiro atoms. The highest BCUT2D eigenvalue weighted by molar-refractivity contribution is 6.01. The zero-order chi connectivity index (χ0) is 43.3. The van der Waals surface area contributed by atoms with Crippen LogP contribution < -0.4 is 9.47 Å². The van der Waals surface area contributed by atoms with Crippen molar-refractivity contribution in [3.05, 3.63) is 47.6 Å². The fourth-order valence-electron chi connectivity index (χ4n) is 9.38. The van der Waals surface area contributed by atoms with Gasteiger partial charge in [-0.05, 0) is 88.1 Å². The summed E-state index contributed by atoms with van der Waals surface area (Å²) in [6, 6.07) is 3.67. The summed E-state index contributed by atoms with van der Waals surface area (Å²) in [4.78, 5) is 74.5. The van der Waals surface area contributed by atoms with Crippen LogP contribution in [0.2, 0.25) is 0 Å². The Balaban J connectivity index is 1.33. The number of carbonyl (C=O) groups excluding carboxylic acids is 5. The molecule has 5 rings (SSSR count). The van der Waals surface area contributed by atoms with Gasteiger partial charge in [-0.3, -0.25) is 44.9 Å². The summed E-state index contributed by atoms with van der Waals surface area (Å²) < 4.78 is 44.5. The Morgan fingerprint density at radius 1 is 0.898 bits per heavy atom. The lowest BCUT2D eigenvalue weighted by Gasteiger charge is -2.62. The fraction of sp³-hybridized carbons (Fsp3) is 0.605. The lowest BCUT2D eigenvalue weighted by Crippen LogP contribution is -2.70. The molecule has 0 aromatic heterocycles. The largest absolute Gasteiger partial charge is 0.514 e. The Labute approximate surface area is 336 Å². The maximum atomic E-state index is 17.8. The van der Waals surface area contributed by atoms with Crippen LogP contribution in [-0.4, -0.2) is 128 Å². The second kappa shape index (κ2) is 18.5. The van der Waals surface area contributed by atoms with E-state index in [4.69, 9.17) is 44.5 Å². The van der Waals surface area contributed by atoms with Crippen LogP contribution >= 0.6 is 0 Å². The lowest BCUT2D eigenvalue weighted by atomic mass is 9.44. The SMILES string of the molecule is COc1cc(C(=O)OCCCCON(O)O)ccc1OC(=O)OCC(=O)[C@@]1(OC(=O)CCCON(O)O)[C@H](O)CC2C3CCC4=CC(=O)C=CC4(C)[C@@]3(F)[C@@H](O)C[C@@]21C. The smallest absolute Gasteiger partial charge is 0.493 e. The van der Waals surface area contributed by atoms with Crippen LogP contribution in [0.4, 0.5) is 9.18 Å². The number of Topliss-reactive ketones (excluding diaryl/α,β-unsaturated/α-hetero) is 1. The molecule has 0 amide bonds. The van der Waals surface area contributed by atoms with Crippen molar-refractivity contribution in [2.45, 2.75) is 88.7 Å². The van der Waals surface area contributed by atoms with Crippen LogP contribution in [0.5, 0.6) is 11.5 Å². The number of nitrogens with zero attached hydrogens (tertiary/aromatic N) is 2.